The summed E-state index contributed by atoms with van der Waals surface area (Å²) in [6.45, 7) is 5.93. The molecule has 1 amide bonds. The lowest BCUT2D eigenvalue weighted by atomic mass is 10.0. The fourth-order valence-corrected chi connectivity index (χ4v) is 4.53. The number of thiophene rings is 2. The van der Waals surface area contributed by atoms with E-state index in [0.717, 1.165) is 5.56 Å². The zero-order chi connectivity index (χ0) is 20.3. The lowest BCUT2D eigenvalue weighted by molar-refractivity contribution is -0.116. The quantitative estimate of drug-likeness (QED) is 0.592. The molecule has 0 saturated carbocycles. The summed E-state index contributed by atoms with van der Waals surface area (Å²) in [6, 6.07) is 1.69. The lowest BCUT2D eigenvalue weighted by Crippen LogP contribution is -2.27. The molecule has 0 fully saturated rings. The number of esters is 1. The molecular weight excluding hydrogens is 398 g/mol. The Kier molecular flexibility index (Phi) is 6.25. The number of carbonyl (C=O) groups is 2. The number of anilines is 1. The molecule has 0 saturated heterocycles. The number of hydrogen-bond donors (Lipinski definition) is 1. The molecule has 0 aromatic carbocycles. The van der Waals surface area contributed by atoms with Gasteiger partial charge in [-0.2, -0.15) is 0 Å². The summed E-state index contributed by atoms with van der Waals surface area (Å²) in [5.41, 5.74) is 0.985. The van der Waals surface area contributed by atoms with Gasteiger partial charge in [-0.15, -0.1) is 22.7 Å². The van der Waals surface area contributed by atoms with Crippen molar-refractivity contribution in [3.8, 4) is 0 Å². The molecule has 0 aliphatic heterocycles. The van der Waals surface area contributed by atoms with Crippen molar-refractivity contribution in [2.75, 3.05) is 11.9 Å². The van der Waals surface area contributed by atoms with Crippen LogP contribution < -0.4 is 10.9 Å². The zero-order valence-corrected chi connectivity index (χ0v) is 17.5. The maximum atomic E-state index is 12.5. The van der Waals surface area contributed by atoms with Crippen LogP contribution in [-0.2, 0) is 22.5 Å². The van der Waals surface area contributed by atoms with Crippen LogP contribution in [0.4, 0.5) is 5.00 Å². The molecule has 3 heterocycles. The summed E-state index contributed by atoms with van der Waals surface area (Å²) >= 11 is 2.66. The first kappa shape index (κ1) is 20.2. The average molecular weight is 420 g/mol. The largest absolute Gasteiger partial charge is 0.462 e. The minimum absolute atomic E-state index is 0.183. The lowest BCUT2D eigenvalue weighted by Gasteiger charge is -2.10. The number of aromatic nitrogens is 2. The molecule has 9 heteroatoms. The molecule has 0 aliphatic rings. The first-order chi connectivity index (χ1) is 13.4. The Balaban J connectivity index is 1.82. The molecule has 3 rings (SSSR count). The van der Waals surface area contributed by atoms with Crippen molar-refractivity contribution in [3.05, 3.63) is 44.6 Å². The van der Waals surface area contributed by atoms with Crippen LogP contribution in [0.2, 0.25) is 0 Å². The number of amides is 1. The maximum absolute atomic E-state index is 12.5. The van der Waals surface area contributed by atoms with Crippen molar-refractivity contribution >= 4 is 49.8 Å². The number of ether oxygens (including phenoxy) is 1. The standard InChI is InChI=1S/C19H21N3O4S2/c1-4-26-19(25)15-12(7-11(2)3)9-28-17(15)21-14(23)8-22-10-20-16-13(18(22)24)5-6-27-16/h5-6,9-11H,4,7-8H2,1-3H3,(H,21,23). The first-order valence-corrected chi connectivity index (χ1v) is 10.7. The van der Waals surface area contributed by atoms with Crippen LogP contribution in [0.15, 0.2) is 27.9 Å². The second-order valence-corrected chi connectivity index (χ2v) is 8.42. The number of fused-ring (bicyclic) bond motifs is 1. The van der Waals surface area contributed by atoms with Crippen molar-refractivity contribution in [1.29, 1.82) is 0 Å². The van der Waals surface area contributed by atoms with Crippen molar-refractivity contribution in [3.63, 3.8) is 0 Å². The highest BCUT2D eigenvalue weighted by Crippen LogP contribution is 2.31. The van der Waals surface area contributed by atoms with E-state index in [1.807, 2.05) is 5.38 Å². The predicted molar refractivity (Wildman–Crippen MR) is 111 cm³/mol. The third-order valence-corrected chi connectivity index (χ3v) is 5.76. The monoisotopic (exact) mass is 419 g/mol. The Bertz CT molecular complexity index is 1060. The van der Waals surface area contributed by atoms with E-state index in [1.165, 1.54) is 33.6 Å². The van der Waals surface area contributed by atoms with Crippen LogP contribution in [0.1, 0.15) is 36.7 Å². The van der Waals surface area contributed by atoms with Crippen LogP contribution in [-0.4, -0.2) is 28.0 Å². The summed E-state index contributed by atoms with van der Waals surface area (Å²) in [6.07, 6.45) is 2.07. The van der Waals surface area contributed by atoms with Crippen LogP contribution in [0.25, 0.3) is 10.2 Å². The Morgan fingerprint density at radius 3 is 2.82 bits per heavy atom. The van der Waals surface area contributed by atoms with Crippen LogP contribution >= 0.6 is 22.7 Å². The normalized spacial score (nSPS) is 11.1. The summed E-state index contributed by atoms with van der Waals surface area (Å²) < 4.78 is 6.42. The van der Waals surface area contributed by atoms with Gasteiger partial charge in [0.1, 0.15) is 16.4 Å². The molecule has 148 valence electrons. The Labute approximate surface area is 170 Å². The van der Waals surface area contributed by atoms with Gasteiger partial charge in [-0.25, -0.2) is 9.78 Å². The van der Waals surface area contributed by atoms with Crippen molar-refractivity contribution < 1.29 is 14.3 Å². The molecule has 7 nitrogen and oxygen atoms in total. The molecule has 0 bridgehead atoms. The van der Waals surface area contributed by atoms with Crippen molar-refractivity contribution in [1.82, 2.24) is 9.55 Å². The van der Waals surface area contributed by atoms with Gasteiger partial charge in [-0.3, -0.25) is 14.2 Å². The molecule has 3 aromatic heterocycles. The van der Waals surface area contributed by atoms with E-state index in [-0.39, 0.29) is 18.7 Å². The molecule has 28 heavy (non-hydrogen) atoms. The van der Waals surface area contributed by atoms with Gasteiger partial charge >= 0.3 is 5.97 Å². The van der Waals surface area contributed by atoms with Crippen molar-refractivity contribution in [2.45, 2.75) is 33.7 Å². The molecule has 0 unspecified atom stereocenters. The first-order valence-electron chi connectivity index (χ1n) is 8.90. The van der Waals surface area contributed by atoms with Gasteiger partial charge in [0.05, 0.1) is 23.9 Å². The molecule has 0 radical (unpaired) electrons. The third kappa shape index (κ3) is 4.31. The van der Waals surface area contributed by atoms with Gasteiger partial charge in [0.15, 0.2) is 0 Å². The number of hydrogen-bond acceptors (Lipinski definition) is 7. The van der Waals surface area contributed by atoms with E-state index < -0.39 is 11.9 Å². The average Bonchev–Trinajstić information content (AvgIpc) is 3.25. The SMILES string of the molecule is CCOC(=O)c1c(CC(C)C)csc1NC(=O)Cn1cnc2sccc2c1=O. The maximum Gasteiger partial charge on any atom is 0.341 e. The zero-order valence-electron chi connectivity index (χ0n) is 15.9. The molecule has 0 spiro atoms. The van der Waals surface area contributed by atoms with E-state index >= 15 is 0 Å². The summed E-state index contributed by atoms with van der Waals surface area (Å²) in [7, 11) is 0. The van der Waals surface area contributed by atoms with E-state index in [1.54, 1.807) is 18.4 Å². The minimum Gasteiger partial charge on any atom is -0.462 e. The van der Waals surface area contributed by atoms with Crippen LogP contribution in [0, 0.1) is 5.92 Å². The van der Waals surface area contributed by atoms with E-state index in [0.29, 0.717) is 33.1 Å². The fourth-order valence-electron chi connectivity index (χ4n) is 2.83. The highest BCUT2D eigenvalue weighted by Gasteiger charge is 2.22. The molecule has 0 aliphatic carbocycles. The molecular formula is C19H21N3O4S2. The summed E-state index contributed by atoms with van der Waals surface area (Å²) in [5, 5.41) is 7.34. The Morgan fingerprint density at radius 2 is 2.11 bits per heavy atom. The summed E-state index contributed by atoms with van der Waals surface area (Å²) in [5.74, 6) is -0.497. The van der Waals surface area contributed by atoms with Gasteiger partial charge in [-0.1, -0.05) is 13.8 Å². The number of nitrogens with one attached hydrogen (secondary N) is 1. The summed E-state index contributed by atoms with van der Waals surface area (Å²) in [4.78, 5) is 42.2. The van der Waals surface area contributed by atoms with E-state index in [9.17, 15) is 14.4 Å². The Morgan fingerprint density at radius 1 is 1.32 bits per heavy atom. The van der Waals surface area contributed by atoms with Crippen molar-refractivity contribution in [2.24, 2.45) is 5.92 Å². The number of nitrogens with zero attached hydrogens (tertiary/aromatic N) is 2. The second-order valence-electron chi connectivity index (χ2n) is 6.65. The third-order valence-electron chi connectivity index (χ3n) is 3.99. The number of rotatable bonds is 7. The smallest absolute Gasteiger partial charge is 0.341 e. The topological polar surface area (TPSA) is 90.3 Å². The van der Waals surface area contributed by atoms with Crippen LogP contribution in [0.5, 0.6) is 0 Å². The highest BCUT2D eigenvalue weighted by atomic mass is 32.1. The number of carbonyl (C=O) groups excluding carboxylic acids is 2. The molecule has 1 N–H and O–H groups in total. The van der Waals surface area contributed by atoms with Gasteiger partial charge < -0.3 is 10.1 Å². The Hall–Kier alpha value is -2.52. The van der Waals surface area contributed by atoms with Gasteiger partial charge in [0, 0.05) is 0 Å². The highest BCUT2D eigenvalue weighted by molar-refractivity contribution is 7.16. The van der Waals surface area contributed by atoms with E-state index in [4.69, 9.17) is 4.74 Å². The molecule has 3 aromatic rings. The van der Waals surface area contributed by atoms with Crippen LogP contribution in [0.3, 0.4) is 0 Å². The van der Waals surface area contributed by atoms with Gasteiger partial charge in [0.2, 0.25) is 5.91 Å². The van der Waals surface area contributed by atoms with E-state index in [2.05, 4.69) is 24.1 Å². The fraction of sp³-hybridized carbons (Fsp3) is 0.368. The van der Waals surface area contributed by atoms with Gasteiger partial charge in [0.25, 0.3) is 5.56 Å². The second kappa shape index (κ2) is 8.66. The predicted octanol–water partition coefficient (Wildman–Crippen LogP) is 3.53. The van der Waals surface area contributed by atoms with Gasteiger partial charge in [-0.05, 0) is 41.7 Å². The molecule has 0 atom stereocenters. The minimum atomic E-state index is -0.451.